The quantitative estimate of drug-likeness (QED) is 0.113. The predicted molar refractivity (Wildman–Crippen MR) is 146 cm³/mol. The molecule has 0 saturated carbocycles. The van der Waals surface area contributed by atoms with E-state index in [-0.39, 0.29) is 43.7 Å². The van der Waals surface area contributed by atoms with Crippen LogP contribution >= 0.6 is 11.6 Å². The molecule has 228 valence electrons. The second kappa shape index (κ2) is 12.7. The molecule has 1 unspecified atom stereocenters. The summed E-state index contributed by atoms with van der Waals surface area (Å²) in [6.07, 6.45) is 0.208. The van der Waals surface area contributed by atoms with Gasteiger partial charge in [-0.3, -0.25) is 19.3 Å². The molecule has 2 aromatic carbocycles. The second-order valence-electron chi connectivity index (χ2n) is 9.65. The molecule has 4 rings (SSSR count). The van der Waals surface area contributed by atoms with E-state index in [1.165, 1.54) is 11.0 Å². The van der Waals surface area contributed by atoms with Gasteiger partial charge in [0.1, 0.15) is 23.2 Å². The van der Waals surface area contributed by atoms with Gasteiger partial charge in [-0.15, -0.1) is 0 Å². The van der Waals surface area contributed by atoms with Crippen LogP contribution in [0.1, 0.15) is 33.9 Å². The number of carboxylic acid groups (broad SMARTS) is 1. The first-order chi connectivity index (χ1) is 20.3. The first-order valence-electron chi connectivity index (χ1n) is 12.9. The van der Waals surface area contributed by atoms with Crippen molar-refractivity contribution < 1.29 is 53.4 Å². The molecular formula is C25H26BClFN5O10. The molecule has 43 heavy (non-hydrogen) atoms. The number of aromatic carboxylic acids is 1. The minimum atomic E-state index is -1.86. The third-order valence-corrected chi connectivity index (χ3v) is 7.30. The van der Waals surface area contributed by atoms with Crippen LogP contribution in [0, 0.1) is 5.82 Å². The number of carbonyl (C=O) groups is 5. The topological polar surface area (TPSA) is 232 Å². The van der Waals surface area contributed by atoms with Crippen molar-refractivity contribution in [3.05, 3.63) is 51.8 Å². The zero-order valence-corrected chi connectivity index (χ0v) is 23.0. The molecule has 2 atom stereocenters. The lowest BCUT2D eigenvalue weighted by Crippen LogP contribution is -2.60. The third kappa shape index (κ3) is 6.28. The van der Waals surface area contributed by atoms with Crippen molar-refractivity contribution in [1.29, 1.82) is 0 Å². The Bertz CT molecular complexity index is 1500. The highest BCUT2D eigenvalue weighted by Gasteiger charge is 2.42. The van der Waals surface area contributed by atoms with Crippen molar-refractivity contribution in [3.8, 4) is 17.2 Å². The number of carboxylic acids is 1. The highest BCUT2D eigenvalue weighted by atomic mass is 35.5. The first kappa shape index (κ1) is 31.3. The summed E-state index contributed by atoms with van der Waals surface area (Å²) in [5.74, 6) is -9.02. The van der Waals surface area contributed by atoms with E-state index in [0.29, 0.717) is 11.3 Å². The molecule has 18 heteroatoms. The molecule has 1 fully saturated rings. The van der Waals surface area contributed by atoms with Gasteiger partial charge in [-0.05, 0) is 37.1 Å². The van der Waals surface area contributed by atoms with Crippen molar-refractivity contribution in [3.63, 3.8) is 0 Å². The number of fused-ring (bicyclic) bond motifs is 1. The molecule has 5 amide bonds. The van der Waals surface area contributed by atoms with E-state index in [1.54, 1.807) is 0 Å². The molecule has 0 spiro atoms. The average Bonchev–Trinajstić information content (AvgIpc) is 2.96. The van der Waals surface area contributed by atoms with Crippen molar-refractivity contribution in [1.82, 2.24) is 20.4 Å². The SMILES string of the molecule is NCCCN1CCN(C(=O)NC(C(=O)N[C@H]2Cc3ccc(F)c(C(=O)O)c3OB2O)c2ccc(O)c(O)c2Cl)C(=O)C1=O. The summed E-state index contributed by atoms with van der Waals surface area (Å²) in [7, 11) is -1.86. The van der Waals surface area contributed by atoms with Crippen LogP contribution in [0.4, 0.5) is 9.18 Å². The molecule has 0 aromatic heterocycles. The Morgan fingerprint density at radius 3 is 2.56 bits per heavy atom. The number of piperazine rings is 1. The molecule has 15 nitrogen and oxygen atoms in total. The minimum Gasteiger partial charge on any atom is -0.534 e. The van der Waals surface area contributed by atoms with Gasteiger partial charge in [0.15, 0.2) is 11.5 Å². The normalized spacial score (nSPS) is 17.2. The molecule has 2 aliphatic rings. The van der Waals surface area contributed by atoms with Crippen LogP contribution in [0.3, 0.4) is 0 Å². The maximum atomic E-state index is 14.1. The van der Waals surface area contributed by atoms with Crippen LogP contribution in [0.2, 0.25) is 5.02 Å². The van der Waals surface area contributed by atoms with Crippen molar-refractivity contribution >= 4 is 48.4 Å². The van der Waals surface area contributed by atoms with Crippen LogP contribution < -0.4 is 21.0 Å². The summed E-state index contributed by atoms with van der Waals surface area (Å²) in [6, 6.07) is 1.29. The maximum absolute atomic E-state index is 14.1. The minimum absolute atomic E-state index is 0.0134. The van der Waals surface area contributed by atoms with E-state index in [9.17, 15) is 48.7 Å². The number of hydrogen-bond acceptors (Lipinski definition) is 10. The number of halogens is 2. The van der Waals surface area contributed by atoms with Crippen molar-refractivity contribution in [2.75, 3.05) is 26.2 Å². The first-order valence-corrected chi connectivity index (χ1v) is 13.2. The van der Waals surface area contributed by atoms with E-state index in [0.717, 1.165) is 18.2 Å². The fraction of sp³-hybridized carbons (Fsp3) is 0.320. The van der Waals surface area contributed by atoms with Crippen LogP contribution in [0.25, 0.3) is 0 Å². The molecule has 2 aliphatic heterocycles. The van der Waals surface area contributed by atoms with Crippen LogP contribution in [0.5, 0.6) is 17.2 Å². The highest BCUT2D eigenvalue weighted by Crippen LogP contribution is 2.38. The van der Waals surface area contributed by atoms with Crippen molar-refractivity contribution in [2.24, 2.45) is 5.73 Å². The summed E-state index contributed by atoms with van der Waals surface area (Å²) in [4.78, 5) is 65.3. The Labute approximate surface area is 248 Å². The maximum Gasteiger partial charge on any atom is 0.547 e. The lowest BCUT2D eigenvalue weighted by atomic mass is 9.72. The van der Waals surface area contributed by atoms with Gasteiger partial charge in [0.2, 0.25) is 5.91 Å². The van der Waals surface area contributed by atoms with Gasteiger partial charge < -0.3 is 46.3 Å². The van der Waals surface area contributed by atoms with Gasteiger partial charge in [-0.1, -0.05) is 23.7 Å². The van der Waals surface area contributed by atoms with Gasteiger partial charge >= 0.3 is 30.9 Å². The Morgan fingerprint density at radius 2 is 1.88 bits per heavy atom. The average molecular weight is 622 g/mol. The molecule has 0 radical (unpaired) electrons. The molecule has 0 aliphatic carbocycles. The van der Waals surface area contributed by atoms with Crippen molar-refractivity contribution in [2.45, 2.75) is 24.8 Å². The number of nitrogens with one attached hydrogen (secondary N) is 2. The number of phenolic OH excluding ortho intramolecular Hbond substituents is 2. The molecular weight excluding hydrogens is 596 g/mol. The summed E-state index contributed by atoms with van der Waals surface area (Å²) in [5.41, 5.74) is 4.56. The number of nitrogens with zero attached hydrogens (tertiary/aromatic N) is 2. The van der Waals surface area contributed by atoms with E-state index in [1.807, 2.05) is 0 Å². The van der Waals surface area contributed by atoms with Gasteiger partial charge in [0, 0.05) is 25.2 Å². The number of benzene rings is 2. The Balaban J connectivity index is 1.59. The highest BCUT2D eigenvalue weighted by molar-refractivity contribution is 6.47. The monoisotopic (exact) mass is 621 g/mol. The molecule has 0 bridgehead atoms. The van der Waals surface area contributed by atoms with Gasteiger partial charge in [0.25, 0.3) is 0 Å². The second-order valence-corrected chi connectivity index (χ2v) is 10.0. The summed E-state index contributed by atoms with van der Waals surface area (Å²) < 4.78 is 19.3. The number of hydrogen-bond donors (Lipinski definition) is 7. The van der Waals surface area contributed by atoms with Crippen LogP contribution in [-0.4, -0.2) is 99.1 Å². The lowest BCUT2D eigenvalue weighted by molar-refractivity contribution is -0.153. The van der Waals surface area contributed by atoms with Crippen LogP contribution in [0.15, 0.2) is 24.3 Å². The molecule has 2 aromatic rings. The van der Waals surface area contributed by atoms with Gasteiger partial charge in [0.05, 0.1) is 11.0 Å². The Hall–Kier alpha value is -4.61. The largest absolute Gasteiger partial charge is 0.547 e. The van der Waals surface area contributed by atoms with E-state index < -0.39 is 82.5 Å². The van der Waals surface area contributed by atoms with E-state index in [4.69, 9.17) is 22.0 Å². The van der Waals surface area contributed by atoms with Crippen LogP contribution in [-0.2, 0) is 20.8 Å². The number of rotatable bonds is 8. The van der Waals surface area contributed by atoms with E-state index in [2.05, 4.69) is 10.6 Å². The fourth-order valence-corrected chi connectivity index (χ4v) is 4.94. The number of phenols is 2. The Morgan fingerprint density at radius 1 is 1.16 bits per heavy atom. The van der Waals surface area contributed by atoms with E-state index >= 15 is 0 Å². The van der Waals surface area contributed by atoms with Gasteiger partial charge in [-0.2, -0.15) is 0 Å². The predicted octanol–water partition coefficient (Wildman–Crippen LogP) is -0.502. The lowest BCUT2D eigenvalue weighted by Gasteiger charge is -2.34. The number of urea groups is 1. The summed E-state index contributed by atoms with van der Waals surface area (Å²) in [6.45, 7) is 0.292. The summed E-state index contributed by atoms with van der Waals surface area (Å²) >= 11 is 6.17. The number of imide groups is 1. The molecule has 2 heterocycles. The zero-order valence-electron chi connectivity index (χ0n) is 22.3. The Kier molecular flexibility index (Phi) is 9.27. The smallest absolute Gasteiger partial charge is 0.534 e. The third-order valence-electron chi connectivity index (χ3n) is 6.90. The number of nitrogens with two attached hydrogens (primary N) is 1. The number of amides is 5. The summed E-state index contributed by atoms with van der Waals surface area (Å²) in [5, 5.41) is 44.0. The number of aromatic hydroxyl groups is 2. The fourth-order valence-electron chi connectivity index (χ4n) is 4.67. The molecule has 1 saturated heterocycles. The number of carbonyl (C=O) groups excluding carboxylic acids is 4. The zero-order chi connectivity index (χ0) is 31.6. The molecule has 8 N–H and O–H groups in total. The van der Waals surface area contributed by atoms with Gasteiger partial charge in [-0.25, -0.2) is 14.0 Å². The standard InChI is InChI=1S/C25H26BClFN5O10/c27-17-12(3-5-14(34)19(17)35)18(31-25(41)33-9-8-32(7-1-6-29)22(37)23(33)38)21(36)30-15-10-11-2-4-13(28)16(24(39)40)20(11)43-26(15)42/h2-5,15,18,34-35,42H,1,6-10,29H2,(H,30,36)(H,31,41)(H,39,40)/t15-,18?/m0/s1.